The quantitative estimate of drug-likeness (QED) is 0.815. The molecule has 6 heteroatoms. The van der Waals surface area contributed by atoms with Gasteiger partial charge < -0.3 is 5.32 Å². The van der Waals surface area contributed by atoms with E-state index >= 15 is 0 Å². The van der Waals surface area contributed by atoms with E-state index in [4.69, 9.17) is 0 Å². The van der Waals surface area contributed by atoms with Gasteiger partial charge in [-0.25, -0.2) is 4.98 Å². The summed E-state index contributed by atoms with van der Waals surface area (Å²) in [5, 5.41) is 6.84. The summed E-state index contributed by atoms with van der Waals surface area (Å²) in [5.41, 5.74) is 2.09. The van der Waals surface area contributed by atoms with E-state index in [-0.39, 0.29) is 18.0 Å². The molecular formula is C16H20BrN3OS. The van der Waals surface area contributed by atoms with Gasteiger partial charge >= 0.3 is 0 Å². The predicted molar refractivity (Wildman–Crippen MR) is 95.4 cm³/mol. The Morgan fingerprint density at radius 1 is 1.27 bits per heavy atom. The number of amides is 1. The Balaban J connectivity index is 1.98. The fraction of sp³-hybridized carbons (Fsp3) is 0.375. The van der Waals surface area contributed by atoms with Gasteiger partial charge in [-0.05, 0) is 39.3 Å². The summed E-state index contributed by atoms with van der Waals surface area (Å²) in [6, 6.07) is 7.76. The number of nitrogens with zero attached hydrogens (tertiary/aromatic N) is 1. The van der Waals surface area contributed by atoms with Crippen LogP contribution in [0.4, 0.5) is 5.13 Å². The number of aryl methyl sites for hydroxylation is 2. The molecule has 2 rings (SSSR count). The number of nitrogens with one attached hydrogen (secondary N) is 2. The van der Waals surface area contributed by atoms with Crippen molar-refractivity contribution >= 4 is 38.3 Å². The van der Waals surface area contributed by atoms with Crippen molar-refractivity contribution < 1.29 is 4.79 Å². The second-order valence-electron chi connectivity index (χ2n) is 5.28. The van der Waals surface area contributed by atoms with Crippen molar-refractivity contribution in [2.75, 3.05) is 5.32 Å². The molecule has 0 saturated heterocycles. The Kier molecular flexibility index (Phi) is 5.72. The largest absolute Gasteiger partial charge is 0.301 e. The molecule has 0 aliphatic rings. The summed E-state index contributed by atoms with van der Waals surface area (Å²) in [7, 11) is 0. The van der Waals surface area contributed by atoms with Crippen LogP contribution in [0.3, 0.4) is 0 Å². The highest BCUT2D eigenvalue weighted by atomic mass is 79.9. The van der Waals surface area contributed by atoms with Gasteiger partial charge in [-0.15, -0.1) is 11.3 Å². The van der Waals surface area contributed by atoms with Crippen LogP contribution in [0, 0.1) is 13.8 Å². The highest BCUT2D eigenvalue weighted by Crippen LogP contribution is 2.24. The van der Waals surface area contributed by atoms with Gasteiger partial charge in [-0.2, -0.15) is 0 Å². The number of anilines is 1. The molecule has 1 aromatic heterocycles. The van der Waals surface area contributed by atoms with Crippen LogP contribution in [-0.4, -0.2) is 16.9 Å². The Morgan fingerprint density at radius 3 is 2.55 bits per heavy atom. The zero-order valence-electron chi connectivity index (χ0n) is 13.1. The van der Waals surface area contributed by atoms with E-state index in [1.807, 2.05) is 52.0 Å². The zero-order chi connectivity index (χ0) is 16.3. The molecular weight excluding hydrogens is 362 g/mol. The van der Waals surface area contributed by atoms with E-state index < -0.39 is 0 Å². The maximum Gasteiger partial charge on any atom is 0.243 e. The Labute approximate surface area is 143 Å². The molecule has 22 heavy (non-hydrogen) atoms. The molecule has 2 N–H and O–H groups in total. The van der Waals surface area contributed by atoms with Gasteiger partial charge in [0.25, 0.3) is 0 Å². The monoisotopic (exact) mass is 381 g/mol. The van der Waals surface area contributed by atoms with Crippen LogP contribution >= 0.6 is 27.3 Å². The second kappa shape index (κ2) is 7.35. The third-order valence-electron chi connectivity index (χ3n) is 3.52. The fourth-order valence-electron chi connectivity index (χ4n) is 2.11. The number of aromatic nitrogens is 1. The first-order chi connectivity index (χ1) is 10.4. The van der Waals surface area contributed by atoms with Crippen LogP contribution in [0.15, 0.2) is 28.7 Å². The molecule has 0 fully saturated rings. The van der Waals surface area contributed by atoms with Crippen LogP contribution in [0.1, 0.15) is 36.0 Å². The lowest BCUT2D eigenvalue weighted by molar-refractivity contribution is -0.117. The molecule has 1 aromatic carbocycles. The van der Waals surface area contributed by atoms with Crippen molar-refractivity contribution in [2.24, 2.45) is 0 Å². The number of rotatable bonds is 5. The highest BCUT2D eigenvalue weighted by Gasteiger charge is 2.18. The average Bonchev–Trinajstić information content (AvgIpc) is 2.77. The van der Waals surface area contributed by atoms with Crippen LogP contribution in [0.5, 0.6) is 0 Å². The van der Waals surface area contributed by atoms with Crippen molar-refractivity contribution in [1.82, 2.24) is 10.3 Å². The van der Waals surface area contributed by atoms with Gasteiger partial charge in [0.15, 0.2) is 5.13 Å². The van der Waals surface area contributed by atoms with Crippen LogP contribution in [0.2, 0.25) is 0 Å². The number of carbonyl (C=O) groups excluding carboxylic acids is 1. The predicted octanol–water partition coefficient (Wildman–Crippen LogP) is 4.20. The Bertz CT molecular complexity index is 652. The van der Waals surface area contributed by atoms with Gasteiger partial charge in [0, 0.05) is 15.4 Å². The molecule has 2 aromatic rings. The third kappa shape index (κ3) is 4.15. The van der Waals surface area contributed by atoms with Gasteiger partial charge in [0.05, 0.1) is 11.7 Å². The van der Waals surface area contributed by atoms with Gasteiger partial charge in [0.1, 0.15) is 0 Å². The summed E-state index contributed by atoms with van der Waals surface area (Å²) in [6.07, 6.45) is 0. The fourth-order valence-corrected chi connectivity index (χ4v) is 3.55. The molecule has 1 amide bonds. The number of hydrogen-bond acceptors (Lipinski definition) is 4. The van der Waals surface area contributed by atoms with Crippen LogP contribution in [0.25, 0.3) is 0 Å². The molecule has 4 nitrogen and oxygen atoms in total. The Hall–Kier alpha value is -1.24. The van der Waals surface area contributed by atoms with Crippen molar-refractivity contribution in [1.29, 1.82) is 0 Å². The summed E-state index contributed by atoms with van der Waals surface area (Å²) < 4.78 is 1.04. The highest BCUT2D eigenvalue weighted by molar-refractivity contribution is 9.10. The van der Waals surface area contributed by atoms with Crippen molar-refractivity contribution in [2.45, 2.75) is 39.8 Å². The minimum Gasteiger partial charge on any atom is -0.301 e. The number of thiazole rings is 1. The molecule has 0 bridgehead atoms. The van der Waals surface area contributed by atoms with E-state index in [0.717, 1.165) is 20.6 Å². The molecule has 0 aliphatic carbocycles. The third-order valence-corrected chi connectivity index (χ3v) is 5.23. The Morgan fingerprint density at radius 2 is 1.95 bits per heavy atom. The van der Waals surface area contributed by atoms with Crippen molar-refractivity contribution in [3.8, 4) is 0 Å². The first-order valence-corrected chi connectivity index (χ1v) is 8.74. The normalized spacial score (nSPS) is 13.7. The SMILES string of the molecule is Cc1nc(NC(=O)C(C)NC(C)c2ccccc2Br)sc1C. The maximum atomic E-state index is 12.3. The summed E-state index contributed by atoms with van der Waals surface area (Å²) in [6.45, 7) is 7.84. The van der Waals surface area contributed by atoms with Gasteiger partial charge in [-0.1, -0.05) is 34.1 Å². The molecule has 118 valence electrons. The summed E-state index contributed by atoms with van der Waals surface area (Å²) in [4.78, 5) is 17.7. The number of halogens is 1. The number of benzene rings is 1. The average molecular weight is 382 g/mol. The summed E-state index contributed by atoms with van der Waals surface area (Å²) >= 11 is 5.04. The number of hydrogen-bond donors (Lipinski definition) is 2. The molecule has 0 radical (unpaired) electrons. The first kappa shape index (κ1) is 17.1. The lowest BCUT2D eigenvalue weighted by atomic mass is 10.1. The molecule has 0 aliphatic heterocycles. The number of carbonyl (C=O) groups is 1. The minimum absolute atomic E-state index is 0.0658. The molecule has 2 unspecified atom stereocenters. The van der Waals surface area contributed by atoms with E-state index in [9.17, 15) is 4.79 Å². The maximum absolute atomic E-state index is 12.3. The van der Waals surface area contributed by atoms with Crippen molar-refractivity contribution in [3.63, 3.8) is 0 Å². The van der Waals surface area contributed by atoms with E-state index in [1.165, 1.54) is 11.3 Å². The molecule has 1 heterocycles. The first-order valence-electron chi connectivity index (χ1n) is 7.14. The lowest BCUT2D eigenvalue weighted by Gasteiger charge is -2.20. The van der Waals surface area contributed by atoms with E-state index in [2.05, 4.69) is 31.5 Å². The summed E-state index contributed by atoms with van der Waals surface area (Å²) in [5.74, 6) is -0.0762. The molecule has 0 spiro atoms. The second-order valence-corrected chi connectivity index (χ2v) is 7.34. The lowest BCUT2D eigenvalue weighted by Crippen LogP contribution is -2.39. The smallest absolute Gasteiger partial charge is 0.243 e. The van der Waals surface area contributed by atoms with Gasteiger partial charge in [0.2, 0.25) is 5.91 Å². The molecule has 0 saturated carbocycles. The van der Waals surface area contributed by atoms with E-state index in [0.29, 0.717) is 5.13 Å². The van der Waals surface area contributed by atoms with Gasteiger partial charge in [-0.3, -0.25) is 10.1 Å². The van der Waals surface area contributed by atoms with Crippen LogP contribution < -0.4 is 10.6 Å². The van der Waals surface area contributed by atoms with Crippen molar-refractivity contribution in [3.05, 3.63) is 44.9 Å². The van der Waals surface area contributed by atoms with E-state index in [1.54, 1.807) is 0 Å². The minimum atomic E-state index is -0.313. The molecule has 2 atom stereocenters. The topological polar surface area (TPSA) is 54.0 Å². The zero-order valence-corrected chi connectivity index (χ0v) is 15.5. The standard InChI is InChI=1S/C16H20BrN3OS/c1-9-12(4)22-16(19-9)20-15(21)11(3)18-10(2)13-7-5-6-8-14(13)17/h5-8,10-11,18H,1-4H3,(H,19,20,21). The van der Waals surface area contributed by atoms with Crippen LogP contribution in [-0.2, 0) is 4.79 Å².